The Hall–Kier alpha value is -1.70. The van der Waals surface area contributed by atoms with Crippen molar-refractivity contribution in [3.05, 3.63) is 59.2 Å². The van der Waals surface area contributed by atoms with E-state index in [-0.39, 0.29) is 11.6 Å². The van der Waals surface area contributed by atoms with Gasteiger partial charge in [0.05, 0.1) is 0 Å². The lowest BCUT2D eigenvalue weighted by molar-refractivity contribution is 0.201. The number of fused-ring (bicyclic) bond motifs is 3. The summed E-state index contributed by atoms with van der Waals surface area (Å²) >= 11 is 0. The van der Waals surface area contributed by atoms with Gasteiger partial charge in [-0.1, -0.05) is 31.9 Å². The van der Waals surface area contributed by atoms with Crippen LogP contribution >= 0.6 is 0 Å². The molecule has 0 saturated heterocycles. The highest BCUT2D eigenvalue weighted by Gasteiger charge is 2.35. The van der Waals surface area contributed by atoms with Crippen LogP contribution in [0.1, 0.15) is 62.5 Å². The maximum atomic E-state index is 14.8. The first-order valence-electron chi connectivity index (χ1n) is 9.74. The molecule has 0 spiro atoms. The van der Waals surface area contributed by atoms with E-state index in [1.807, 2.05) is 6.07 Å². The van der Waals surface area contributed by atoms with Crippen molar-refractivity contribution in [1.82, 2.24) is 0 Å². The molecule has 0 heterocycles. The van der Waals surface area contributed by atoms with E-state index in [9.17, 15) is 8.78 Å². The van der Waals surface area contributed by atoms with Crippen molar-refractivity contribution >= 4 is 0 Å². The van der Waals surface area contributed by atoms with Gasteiger partial charge >= 0.3 is 0 Å². The van der Waals surface area contributed by atoms with Crippen LogP contribution in [0.2, 0.25) is 0 Å². The number of hydrogen-bond acceptors (Lipinski definition) is 0. The fourth-order valence-corrected chi connectivity index (χ4v) is 5.15. The molecule has 0 bridgehead atoms. The van der Waals surface area contributed by atoms with E-state index in [0.717, 1.165) is 23.8 Å². The second kappa shape index (κ2) is 6.90. The summed E-state index contributed by atoms with van der Waals surface area (Å²) in [5, 5.41) is 0. The number of hydrogen-bond donors (Lipinski definition) is 0. The van der Waals surface area contributed by atoms with Crippen LogP contribution in [0.4, 0.5) is 8.78 Å². The van der Waals surface area contributed by atoms with Crippen LogP contribution in [0, 0.1) is 23.5 Å². The second-order valence-electron chi connectivity index (χ2n) is 7.91. The van der Waals surface area contributed by atoms with Crippen LogP contribution in [-0.2, 0) is 6.42 Å². The lowest BCUT2D eigenvalue weighted by Gasteiger charge is -2.41. The highest BCUT2D eigenvalue weighted by molar-refractivity contribution is 5.66. The summed E-state index contributed by atoms with van der Waals surface area (Å²) in [6, 6.07) is 9.94. The van der Waals surface area contributed by atoms with Gasteiger partial charge in [0.1, 0.15) is 11.6 Å². The zero-order valence-corrected chi connectivity index (χ0v) is 14.9. The fourth-order valence-electron chi connectivity index (χ4n) is 5.15. The van der Waals surface area contributed by atoms with Gasteiger partial charge in [0.15, 0.2) is 0 Å². The van der Waals surface area contributed by atoms with Crippen molar-refractivity contribution < 1.29 is 8.78 Å². The van der Waals surface area contributed by atoms with Crippen LogP contribution in [0.3, 0.4) is 0 Å². The molecule has 2 aliphatic rings. The van der Waals surface area contributed by atoms with Gasteiger partial charge in [-0.2, -0.15) is 0 Å². The molecule has 2 aromatic rings. The van der Waals surface area contributed by atoms with Crippen molar-refractivity contribution in [2.24, 2.45) is 11.8 Å². The lowest BCUT2D eigenvalue weighted by atomic mass is 9.64. The largest absolute Gasteiger partial charge is 0.207 e. The molecular formula is C23H26F2. The Morgan fingerprint density at radius 3 is 2.56 bits per heavy atom. The summed E-state index contributed by atoms with van der Waals surface area (Å²) in [5.74, 6) is 1.69. The minimum atomic E-state index is -0.284. The third-order valence-electron chi connectivity index (χ3n) is 6.36. The summed E-state index contributed by atoms with van der Waals surface area (Å²) in [4.78, 5) is 0. The van der Waals surface area contributed by atoms with E-state index in [2.05, 4.69) is 6.92 Å². The molecule has 25 heavy (non-hydrogen) atoms. The predicted molar refractivity (Wildman–Crippen MR) is 98.6 cm³/mol. The van der Waals surface area contributed by atoms with Crippen molar-refractivity contribution in [2.75, 3.05) is 0 Å². The molecule has 1 saturated carbocycles. The van der Waals surface area contributed by atoms with Crippen molar-refractivity contribution in [1.29, 1.82) is 0 Å². The van der Waals surface area contributed by atoms with Gasteiger partial charge < -0.3 is 0 Å². The Morgan fingerprint density at radius 1 is 1.00 bits per heavy atom. The average Bonchev–Trinajstić information content (AvgIpc) is 2.62. The fraction of sp³-hybridized carbons (Fsp3) is 0.478. The second-order valence-corrected chi connectivity index (χ2v) is 7.91. The van der Waals surface area contributed by atoms with E-state index in [0.29, 0.717) is 11.5 Å². The zero-order valence-electron chi connectivity index (χ0n) is 14.9. The lowest BCUT2D eigenvalue weighted by Crippen LogP contribution is -2.28. The minimum absolute atomic E-state index is 0.165. The molecule has 4 rings (SSSR count). The molecule has 0 radical (unpaired) electrons. The quantitative estimate of drug-likeness (QED) is 0.571. The number of benzene rings is 2. The standard InChI is InChI=1S/C23H26F2/c1-2-3-15-4-11-20-17(12-15)5-6-18-13-22(23(25)14-21(18)20)16-7-9-19(24)10-8-16/h7-10,13-15,17,20H,2-6,11-12H2,1H3. The monoisotopic (exact) mass is 340 g/mol. The van der Waals surface area contributed by atoms with Crippen molar-refractivity contribution in [3.63, 3.8) is 0 Å². The molecule has 0 amide bonds. The van der Waals surface area contributed by atoms with E-state index in [1.54, 1.807) is 18.2 Å². The topological polar surface area (TPSA) is 0 Å². The Kier molecular flexibility index (Phi) is 4.62. The molecule has 2 heteroatoms. The van der Waals surface area contributed by atoms with E-state index < -0.39 is 0 Å². The average molecular weight is 340 g/mol. The van der Waals surface area contributed by atoms with Crippen molar-refractivity contribution in [3.8, 4) is 11.1 Å². The Morgan fingerprint density at radius 2 is 1.80 bits per heavy atom. The third kappa shape index (κ3) is 3.23. The molecule has 0 N–H and O–H groups in total. The Balaban J connectivity index is 1.64. The number of aryl methyl sites for hydroxylation is 1. The van der Waals surface area contributed by atoms with Crippen molar-refractivity contribution in [2.45, 2.75) is 57.8 Å². The maximum Gasteiger partial charge on any atom is 0.131 e. The molecule has 1 fully saturated rings. The van der Waals surface area contributed by atoms with Gasteiger partial charge in [0, 0.05) is 5.56 Å². The highest BCUT2D eigenvalue weighted by Crippen LogP contribution is 2.48. The van der Waals surface area contributed by atoms with E-state index >= 15 is 0 Å². The van der Waals surface area contributed by atoms with Gasteiger partial charge in [0.25, 0.3) is 0 Å². The van der Waals surface area contributed by atoms with Gasteiger partial charge in [-0.3, -0.25) is 0 Å². The molecule has 3 unspecified atom stereocenters. The minimum Gasteiger partial charge on any atom is -0.207 e. The van der Waals surface area contributed by atoms with Gasteiger partial charge in [0.2, 0.25) is 0 Å². The SMILES string of the molecule is CCCC1CCC2c3cc(F)c(-c4ccc(F)cc4)cc3CCC2C1. The molecule has 0 aliphatic heterocycles. The third-order valence-corrected chi connectivity index (χ3v) is 6.36. The maximum absolute atomic E-state index is 14.8. The molecule has 0 nitrogen and oxygen atoms in total. The zero-order chi connectivity index (χ0) is 17.4. The molecular weight excluding hydrogens is 314 g/mol. The molecule has 0 aromatic heterocycles. The van der Waals surface area contributed by atoms with Crippen LogP contribution in [-0.4, -0.2) is 0 Å². The Bertz CT molecular complexity index is 747. The number of rotatable bonds is 3. The summed E-state index contributed by atoms with van der Waals surface area (Å²) in [6.07, 6.45) is 8.70. The van der Waals surface area contributed by atoms with E-state index in [4.69, 9.17) is 0 Å². The van der Waals surface area contributed by atoms with Gasteiger partial charge in [-0.15, -0.1) is 0 Å². The summed E-state index contributed by atoms with van der Waals surface area (Å²) in [7, 11) is 0. The molecule has 3 atom stereocenters. The summed E-state index contributed by atoms with van der Waals surface area (Å²) in [5.41, 5.74) is 3.91. The first kappa shape index (κ1) is 16.8. The van der Waals surface area contributed by atoms with Gasteiger partial charge in [-0.25, -0.2) is 8.78 Å². The molecule has 132 valence electrons. The van der Waals surface area contributed by atoms with E-state index in [1.165, 1.54) is 61.8 Å². The Labute approximate surface area is 149 Å². The predicted octanol–water partition coefficient (Wildman–Crippen LogP) is 6.88. The first-order chi connectivity index (χ1) is 12.2. The van der Waals surface area contributed by atoms with Gasteiger partial charge in [-0.05, 0) is 90.8 Å². The normalized spacial score (nSPS) is 25.3. The number of halogens is 2. The summed E-state index contributed by atoms with van der Waals surface area (Å²) < 4.78 is 28.0. The van der Waals surface area contributed by atoms with Crippen LogP contribution in [0.25, 0.3) is 11.1 Å². The smallest absolute Gasteiger partial charge is 0.131 e. The van der Waals surface area contributed by atoms with Crippen LogP contribution < -0.4 is 0 Å². The van der Waals surface area contributed by atoms with Crippen LogP contribution in [0.5, 0.6) is 0 Å². The first-order valence-corrected chi connectivity index (χ1v) is 9.74. The van der Waals surface area contributed by atoms with Crippen LogP contribution in [0.15, 0.2) is 36.4 Å². The molecule has 2 aromatic carbocycles. The summed E-state index contributed by atoms with van der Waals surface area (Å²) in [6.45, 7) is 2.27. The highest BCUT2D eigenvalue weighted by atomic mass is 19.1. The molecule has 2 aliphatic carbocycles.